The van der Waals surface area contributed by atoms with E-state index in [1.807, 2.05) is 0 Å². The van der Waals surface area contributed by atoms with Gasteiger partial charge in [-0.05, 0) is 63.2 Å². The molecule has 1 nitrogen and oxygen atoms in total. The van der Waals surface area contributed by atoms with Gasteiger partial charge in [0.2, 0.25) is 0 Å². The number of benzene rings is 1. The Labute approximate surface area is 92.9 Å². The lowest BCUT2D eigenvalue weighted by atomic mass is 9.89. The van der Waals surface area contributed by atoms with E-state index in [0.29, 0.717) is 0 Å². The second kappa shape index (κ2) is 4.80. The van der Waals surface area contributed by atoms with Crippen LogP contribution >= 0.6 is 0 Å². The number of rotatable bonds is 2. The summed E-state index contributed by atoms with van der Waals surface area (Å²) in [6.07, 6.45) is 3.95. The van der Waals surface area contributed by atoms with Crippen LogP contribution in [-0.2, 0) is 6.42 Å². The molecule has 0 radical (unpaired) electrons. The lowest BCUT2D eigenvalue weighted by Gasteiger charge is -2.23. The van der Waals surface area contributed by atoms with Gasteiger partial charge >= 0.3 is 0 Å². The Bertz CT molecular complexity index is 324. The van der Waals surface area contributed by atoms with E-state index in [1.54, 1.807) is 5.56 Å². The number of hydrogen-bond acceptors (Lipinski definition) is 1. The van der Waals surface area contributed by atoms with Crippen LogP contribution < -0.4 is 5.32 Å². The molecule has 0 bridgehead atoms. The van der Waals surface area contributed by atoms with Gasteiger partial charge in [-0.1, -0.05) is 23.8 Å². The van der Waals surface area contributed by atoms with Gasteiger partial charge in [0.25, 0.3) is 0 Å². The monoisotopic (exact) mass is 203 g/mol. The first-order chi connectivity index (χ1) is 7.25. The molecule has 1 heterocycles. The van der Waals surface area contributed by atoms with Crippen LogP contribution in [0.5, 0.6) is 0 Å². The topological polar surface area (TPSA) is 12.0 Å². The maximum Gasteiger partial charge on any atom is -0.00462 e. The molecule has 0 unspecified atom stereocenters. The third kappa shape index (κ3) is 2.82. The zero-order valence-electron chi connectivity index (χ0n) is 9.84. The minimum atomic E-state index is 0.895. The first kappa shape index (κ1) is 10.7. The van der Waals surface area contributed by atoms with E-state index in [2.05, 4.69) is 37.4 Å². The highest BCUT2D eigenvalue weighted by Gasteiger charge is 2.14. The Kier molecular flexibility index (Phi) is 3.42. The summed E-state index contributed by atoms with van der Waals surface area (Å²) in [4.78, 5) is 0. The van der Waals surface area contributed by atoms with Crippen molar-refractivity contribution in [1.82, 2.24) is 5.32 Å². The van der Waals surface area contributed by atoms with Gasteiger partial charge in [0.05, 0.1) is 0 Å². The summed E-state index contributed by atoms with van der Waals surface area (Å²) in [6, 6.07) is 6.82. The van der Waals surface area contributed by atoms with Crippen LogP contribution in [0.25, 0.3) is 0 Å². The van der Waals surface area contributed by atoms with Crippen molar-refractivity contribution in [2.45, 2.75) is 33.1 Å². The van der Waals surface area contributed by atoms with E-state index >= 15 is 0 Å². The van der Waals surface area contributed by atoms with Crippen LogP contribution in [0, 0.1) is 19.8 Å². The Hall–Kier alpha value is -0.820. The quantitative estimate of drug-likeness (QED) is 0.779. The second-order valence-corrected chi connectivity index (χ2v) is 4.83. The Morgan fingerprint density at radius 1 is 1.20 bits per heavy atom. The lowest BCUT2D eigenvalue weighted by molar-refractivity contribution is 0.372. The standard InChI is InChI=1S/C14H21N/c1-11-3-4-12(2)14(9-11)10-13-5-7-15-8-6-13/h3-4,9,13,15H,5-8,10H2,1-2H3. The summed E-state index contributed by atoms with van der Waals surface area (Å²) < 4.78 is 0. The molecule has 1 aliphatic heterocycles. The molecule has 1 aliphatic rings. The van der Waals surface area contributed by atoms with Crippen molar-refractivity contribution in [3.05, 3.63) is 34.9 Å². The fraction of sp³-hybridized carbons (Fsp3) is 0.571. The molecule has 1 saturated heterocycles. The highest BCUT2D eigenvalue weighted by molar-refractivity contribution is 5.30. The van der Waals surface area contributed by atoms with Gasteiger partial charge in [-0.3, -0.25) is 0 Å². The predicted molar refractivity (Wildman–Crippen MR) is 65.2 cm³/mol. The molecule has 0 aliphatic carbocycles. The second-order valence-electron chi connectivity index (χ2n) is 4.83. The number of nitrogens with one attached hydrogen (secondary N) is 1. The lowest BCUT2D eigenvalue weighted by Crippen LogP contribution is -2.28. The first-order valence-corrected chi connectivity index (χ1v) is 6.02. The fourth-order valence-corrected chi connectivity index (χ4v) is 2.42. The zero-order chi connectivity index (χ0) is 10.7. The molecule has 0 aromatic heterocycles. The maximum absolute atomic E-state index is 3.43. The average Bonchev–Trinajstić information content (AvgIpc) is 2.25. The highest BCUT2D eigenvalue weighted by atomic mass is 14.9. The van der Waals surface area contributed by atoms with E-state index in [9.17, 15) is 0 Å². The van der Waals surface area contributed by atoms with Crippen molar-refractivity contribution in [2.24, 2.45) is 5.92 Å². The Morgan fingerprint density at radius 3 is 2.67 bits per heavy atom. The average molecular weight is 203 g/mol. The normalized spacial score (nSPS) is 18.0. The molecule has 1 aromatic rings. The third-order valence-corrected chi connectivity index (χ3v) is 3.47. The maximum atomic E-state index is 3.43. The summed E-state index contributed by atoms with van der Waals surface area (Å²) >= 11 is 0. The van der Waals surface area contributed by atoms with Crippen molar-refractivity contribution in [1.29, 1.82) is 0 Å². The van der Waals surface area contributed by atoms with Crippen molar-refractivity contribution >= 4 is 0 Å². The Morgan fingerprint density at radius 2 is 1.93 bits per heavy atom. The first-order valence-electron chi connectivity index (χ1n) is 6.02. The SMILES string of the molecule is Cc1ccc(C)c(CC2CCNCC2)c1. The van der Waals surface area contributed by atoms with Crippen LogP contribution in [0.3, 0.4) is 0 Å². The number of aryl methyl sites for hydroxylation is 2. The minimum absolute atomic E-state index is 0.895. The van der Waals surface area contributed by atoms with Gasteiger partial charge in [-0.15, -0.1) is 0 Å². The summed E-state index contributed by atoms with van der Waals surface area (Å²) in [6.45, 7) is 6.83. The number of hydrogen-bond donors (Lipinski definition) is 1. The van der Waals surface area contributed by atoms with Gasteiger partial charge in [0.1, 0.15) is 0 Å². The minimum Gasteiger partial charge on any atom is -0.317 e. The van der Waals surface area contributed by atoms with Gasteiger partial charge in [0, 0.05) is 0 Å². The van der Waals surface area contributed by atoms with Crippen LogP contribution in [0.4, 0.5) is 0 Å². The van der Waals surface area contributed by atoms with Gasteiger partial charge in [-0.25, -0.2) is 0 Å². The van der Waals surface area contributed by atoms with Crippen LogP contribution in [0.15, 0.2) is 18.2 Å². The van der Waals surface area contributed by atoms with E-state index < -0.39 is 0 Å². The molecule has 0 spiro atoms. The molecule has 1 aromatic carbocycles. The molecule has 1 N–H and O–H groups in total. The largest absolute Gasteiger partial charge is 0.317 e. The molecule has 1 heteroatoms. The van der Waals surface area contributed by atoms with Crippen molar-refractivity contribution in [2.75, 3.05) is 13.1 Å². The zero-order valence-corrected chi connectivity index (χ0v) is 9.84. The summed E-state index contributed by atoms with van der Waals surface area (Å²) in [5.74, 6) is 0.895. The van der Waals surface area contributed by atoms with E-state index in [4.69, 9.17) is 0 Å². The van der Waals surface area contributed by atoms with Crippen molar-refractivity contribution in [3.8, 4) is 0 Å². The highest BCUT2D eigenvalue weighted by Crippen LogP contribution is 2.21. The van der Waals surface area contributed by atoms with E-state index in [-0.39, 0.29) is 0 Å². The van der Waals surface area contributed by atoms with E-state index in [0.717, 1.165) is 5.92 Å². The van der Waals surface area contributed by atoms with Gasteiger partial charge < -0.3 is 5.32 Å². The predicted octanol–water partition coefficient (Wildman–Crippen LogP) is 2.85. The summed E-state index contributed by atoms with van der Waals surface area (Å²) in [5.41, 5.74) is 4.41. The smallest absolute Gasteiger partial charge is 0.00462 e. The number of piperidine rings is 1. The van der Waals surface area contributed by atoms with Crippen LogP contribution in [-0.4, -0.2) is 13.1 Å². The molecule has 1 fully saturated rings. The molecule has 0 saturated carbocycles. The summed E-state index contributed by atoms with van der Waals surface area (Å²) in [5, 5.41) is 3.43. The fourth-order valence-electron chi connectivity index (χ4n) is 2.42. The van der Waals surface area contributed by atoms with Crippen LogP contribution in [0.1, 0.15) is 29.5 Å². The molecule has 2 rings (SSSR count). The van der Waals surface area contributed by atoms with Gasteiger partial charge in [-0.2, -0.15) is 0 Å². The third-order valence-electron chi connectivity index (χ3n) is 3.47. The van der Waals surface area contributed by atoms with Crippen molar-refractivity contribution < 1.29 is 0 Å². The van der Waals surface area contributed by atoms with Gasteiger partial charge in [0.15, 0.2) is 0 Å². The molecule has 0 atom stereocenters. The summed E-state index contributed by atoms with van der Waals surface area (Å²) in [7, 11) is 0. The molecule has 82 valence electrons. The van der Waals surface area contributed by atoms with Crippen LogP contribution in [0.2, 0.25) is 0 Å². The molecule has 15 heavy (non-hydrogen) atoms. The van der Waals surface area contributed by atoms with E-state index in [1.165, 1.54) is 43.5 Å². The molecular weight excluding hydrogens is 182 g/mol. The molecule has 0 amide bonds. The Balaban J connectivity index is 2.05. The molecular formula is C14H21N. The van der Waals surface area contributed by atoms with Crippen molar-refractivity contribution in [3.63, 3.8) is 0 Å².